The average Bonchev–Trinajstić information content (AvgIpc) is 2.32. The lowest BCUT2D eigenvalue weighted by molar-refractivity contribution is 0.323. The second-order valence-electron chi connectivity index (χ2n) is 5.18. The Morgan fingerprint density at radius 2 is 2.05 bits per heavy atom. The predicted octanol–water partition coefficient (Wildman–Crippen LogP) is 1.56. The molecule has 1 aliphatic carbocycles. The van der Waals surface area contributed by atoms with Gasteiger partial charge in [0.2, 0.25) is 10.0 Å². The zero-order valence-corrected chi connectivity index (χ0v) is 11.7. The van der Waals surface area contributed by atoms with Crippen LogP contribution in [0.2, 0.25) is 0 Å². The molecular formula is C13H14FN3O2S. The fourth-order valence-corrected chi connectivity index (χ4v) is 3.41. The van der Waals surface area contributed by atoms with Crippen molar-refractivity contribution in [3.63, 3.8) is 0 Å². The van der Waals surface area contributed by atoms with Crippen LogP contribution in [-0.4, -0.2) is 30.7 Å². The molecule has 106 valence electrons. The molecule has 20 heavy (non-hydrogen) atoms. The first-order valence-corrected chi connectivity index (χ1v) is 8.19. The standard InChI is InChI=1S/C13H14FN3O2S/c1-20(18,19)17-10-4-8(5-10)13-11-6-9(14)2-3-12(11)15-7-16-13/h2-3,6-8,10,17H,4-5H2,1H3. The van der Waals surface area contributed by atoms with E-state index in [4.69, 9.17) is 0 Å². The topological polar surface area (TPSA) is 72.0 Å². The van der Waals surface area contributed by atoms with Crippen LogP contribution >= 0.6 is 0 Å². The van der Waals surface area contributed by atoms with Crippen LogP contribution in [0, 0.1) is 5.82 Å². The molecule has 0 amide bonds. The molecular weight excluding hydrogens is 281 g/mol. The monoisotopic (exact) mass is 295 g/mol. The molecule has 3 rings (SSSR count). The number of benzene rings is 1. The number of hydrogen-bond acceptors (Lipinski definition) is 4. The highest BCUT2D eigenvalue weighted by Gasteiger charge is 2.34. The summed E-state index contributed by atoms with van der Waals surface area (Å²) in [5.74, 6) is -0.180. The zero-order valence-electron chi connectivity index (χ0n) is 10.9. The van der Waals surface area contributed by atoms with Gasteiger partial charge < -0.3 is 0 Å². The molecule has 1 aromatic carbocycles. The lowest BCUT2D eigenvalue weighted by Crippen LogP contribution is -2.43. The van der Waals surface area contributed by atoms with E-state index in [2.05, 4.69) is 14.7 Å². The van der Waals surface area contributed by atoms with Gasteiger partial charge in [0.05, 0.1) is 17.5 Å². The molecule has 0 spiro atoms. The molecule has 1 aromatic heterocycles. The molecule has 1 fully saturated rings. The van der Waals surface area contributed by atoms with Crippen LogP contribution in [0.4, 0.5) is 4.39 Å². The molecule has 1 aliphatic rings. The van der Waals surface area contributed by atoms with Crippen LogP contribution in [0.25, 0.3) is 10.9 Å². The highest BCUT2D eigenvalue weighted by Crippen LogP contribution is 2.38. The molecule has 1 N–H and O–H groups in total. The maximum Gasteiger partial charge on any atom is 0.208 e. The first kappa shape index (κ1) is 13.4. The number of hydrogen-bond donors (Lipinski definition) is 1. The first-order valence-electron chi connectivity index (χ1n) is 6.30. The van der Waals surface area contributed by atoms with Crippen molar-refractivity contribution < 1.29 is 12.8 Å². The molecule has 0 unspecified atom stereocenters. The molecule has 0 radical (unpaired) electrons. The number of nitrogens with one attached hydrogen (secondary N) is 1. The third-order valence-electron chi connectivity index (χ3n) is 3.53. The van der Waals surface area contributed by atoms with Crippen molar-refractivity contribution in [1.82, 2.24) is 14.7 Å². The van der Waals surface area contributed by atoms with E-state index < -0.39 is 10.0 Å². The van der Waals surface area contributed by atoms with Crippen molar-refractivity contribution in [2.24, 2.45) is 0 Å². The van der Waals surface area contributed by atoms with Crippen LogP contribution in [-0.2, 0) is 10.0 Å². The van der Waals surface area contributed by atoms with Gasteiger partial charge in [-0.1, -0.05) is 0 Å². The summed E-state index contributed by atoms with van der Waals surface area (Å²) >= 11 is 0. The van der Waals surface area contributed by atoms with E-state index >= 15 is 0 Å². The van der Waals surface area contributed by atoms with Crippen LogP contribution in [0.1, 0.15) is 24.5 Å². The van der Waals surface area contributed by atoms with Crippen molar-refractivity contribution in [2.45, 2.75) is 24.8 Å². The number of halogens is 1. The largest absolute Gasteiger partial charge is 0.240 e. The summed E-state index contributed by atoms with van der Waals surface area (Å²) in [7, 11) is -3.18. The molecule has 0 aliphatic heterocycles. The van der Waals surface area contributed by atoms with Gasteiger partial charge >= 0.3 is 0 Å². The molecule has 7 heteroatoms. The summed E-state index contributed by atoms with van der Waals surface area (Å²) in [6.45, 7) is 0. The fourth-order valence-electron chi connectivity index (χ4n) is 2.61. The minimum absolute atomic E-state index is 0.0615. The Morgan fingerprint density at radius 3 is 2.75 bits per heavy atom. The van der Waals surface area contributed by atoms with Gasteiger partial charge in [-0.2, -0.15) is 0 Å². The Bertz CT molecular complexity index is 757. The zero-order chi connectivity index (χ0) is 14.3. The fraction of sp³-hybridized carbons (Fsp3) is 0.385. The molecule has 1 heterocycles. The molecule has 0 bridgehead atoms. The van der Waals surface area contributed by atoms with Crippen LogP contribution in [0.15, 0.2) is 24.5 Å². The van der Waals surface area contributed by atoms with E-state index in [1.165, 1.54) is 18.5 Å². The van der Waals surface area contributed by atoms with Crippen molar-refractivity contribution in [2.75, 3.05) is 6.26 Å². The maximum absolute atomic E-state index is 13.4. The molecule has 0 saturated heterocycles. The van der Waals surface area contributed by atoms with Gasteiger partial charge in [-0.3, -0.25) is 0 Å². The Kier molecular flexibility index (Phi) is 3.18. The van der Waals surface area contributed by atoms with E-state index in [-0.39, 0.29) is 17.8 Å². The van der Waals surface area contributed by atoms with Gasteiger partial charge in [0, 0.05) is 17.3 Å². The van der Waals surface area contributed by atoms with Crippen LogP contribution < -0.4 is 4.72 Å². The summed E-state index contributed by atoms with van der Waals surface area (Å²) in [6, 6.07) is 4.37. The van der Waals surface area contributed by atoms with Gasteiger partial charge in [-0.25, -0.2) is 27.5 Å². The van der Waals surface area contributed by atoms with Gasteiger partial charge in [-0.05, 0) is 31.0 Å². The summed E-state index contributed by atoms with van der Waals surface area (Å²) in [4.78, 5) is 8.36. The summed E-state index contributed by atoms with van der Waals surface area (Å²) < 4.78 is 38.2. The van der Waals surface area contributed by atoms with Gasteiger partial charge in [0.15, 0.2) is 0 Å². The van der Waals surface area contributed by atoms with E-state index in [1.807, 2.05) is 0 Å². The van der Waals surface area contributed by atoms with Crippen molar-refractivity contribution >= 4 is 20.9 Å². The molecule has 1 saturated carbocycles. The summed E-state index contributed by atoms with van der Waals surface area (Å²) in [5.41, 5.74) is 1.50. The Hall–Kier alpha value is -1.60. The summed E-state index contributed by atoms with van der Waals surface area (Å²) in [6.07, 6.45) is 3.97. The number of fused-ring (bicyclic) bond motifs is 1. The van der Waals surface area contributed by atoms with Crippen LogP contribution in [0.5, 0.6) is 0 Å². The number of aromatic nitrogens is 2. The summed E-state index contributed by atoms with van der Waals surface area (Å²) in [5, 5.41) is 0.704. The first-order chi connectivity index (χ1) is 9.42. The van der Waals surface area contributed by atoms with Crippen LogP contribution in [0.3, 0.4) is 0 Å². The smallest absolute Gasteiger partial charge is 0.208 e. The molecule has 0 atom stereocenters. The van der Waals surface area contributed by atoms with Gasteiger partial charge in [0.1, 0.15) is 12.1 Å². The normalized spacial score (nSPS) is 22.7. The van der Waals surface area contributed by atoms with Gasteiger partial charge in [-0.15, -0.1) is 0 Å². The highest BCUT2D eigenvalue weighted by atomic mass is 32.2. The third-order valence-corrected chi connectivity index (χ3v) is 4.30. The lowest BCUT2D eigenvalue weighted by Gasteiger charge is -2.35. The van der Waals surface area contributed by atoms with Crippen molar-refractivity contribution in [3.05, 3.63) is 36.0 Å². The van der Waals surface area contributed by atoms with E-state index in [0.29, 0.717) is 23.7 Å². The highest BCUT2D eigenvalue weighted by molar-refractivity contribution is 7.88. The predicted molar refractivity (Wildman–Crippen MR) is 73.2 cm³/mol. The maximum atomic E-state index is 13.4. The van der Waals surface area contributed by atoms with E-state index in [0.717, 1.165) is 11.9 Å². The second kappa shape index (κ2) is 4.75. The molecule has 2 aromatic rings. The Morgan fingerprint density at radius 1 is 1.30 bits per heavy atom. The van der Waals surface area contributed by atoms with E-state index in [9.17, 15) is 12.8 Å². The van der Waals surface area contributed by atoms with E-state index in [1.54, 1.807) is 6.07 Å². The average molecular weight is 295 g/mol. The second-order valence-corrected chi connectivity index (χ2v) is 6.96. The van der Waals surface area contributed by atoms with Crippen molar-refractivity contribution in [3.8, 4) is 0 Å². The number of rotatable bonds is 3. The van der Waals surface area contributed by atoms with Crippen molar-refractivity contribution in [1.29, 1.82) is 0 Å². The number of nitrogens with zero attached hydrogens (tertiary/aromatic N) is 2. The quantitative estimate of drug-likeness (QED) is 0.933. The third kappa shape index (κ3) is 2.64. The Labute approximate surface area is 116 Å². The van der Waals surface area contributed by atoms with Gasteiger partial charge in [0.25, 0.3) is 0 Å². The molecule has 5 nitrogen and oxygen atoms in total. The SMILES string of the molecule is CS(=O)(=O)NC1CC(c2ncnc3ccc(F)cc23)C1. The minimum Gasteiger partial charge on any atom is -0.240 e. The lowest BCUT2D eigenvalue weighted by atomic mass is 9.77. The minimum atomic E-state index is -3.18. The number of sulfonamides is 1. The Balaban J connectivity index is 1.84.